The molecule has 0 spiro atoms. The molecule has 3 rings (SSSR count). The molecule has 18 nitrogen and oxygen atoms in total. The van der Waals surface area contributed by atoms with Crippen molar-refractivity contribution in [2.24, 2.45) is 4.99 Å². The highest BCUT2D eigenvalue weighted by Gasteiger charge is 2.56. The van der Waals surface area contributed by atoms with Crippen LogP contribution < -0.4 is 5.73 Å². The van der Waals surface area contributed by atoms with Crippen LogP contribution in [0.3, 0.4) is 0 Å². The van der Waals surface area contributed by atoms with Crippen LogP contribution in [0.15, 0.2) is 23.5 Å². The minimum absolute atomic E-state index is 0.0991. The lowest BCUT2D eigenvalue weighted by Crippen LogP contribution is -2.43. The molecule has 2 aromatic heterocycles. The normalized spacial score (nSPS) is 29.4. The van der Waals surface area contributed by atoms with Crippen molar-refractivity contribution in [2.45, 2.75) is 23.9 Å². The van der Waals surface area contributed by atoms with E-state index >= 15 is 0 Å². The van der Waals surface area contributed by atoms with Crippen molar-refractivity contribution in [3.05, 3.63) is 24.2 Å². The molecule has 0 aliphatic carbocycles. The van der Waals surface area contributed by atoms with E-state index in [4.69, 9.17) is 20.3 Å². The number of aliphatic imine (C=N–C) groups is 1. The average Bonchev–Trinajstić information content (AvgIpc) is 3.21. The van der Waals surface area contributed by atoms with Crippen LogP contribution in [0, 0.1) is 0 Å². The monoisotopic (exact) mass is 547 g/mol. The van der Waals surface area contributed by atoms with Crippen molar-refractivity contribution in [3.63, 3.8) is 0 Å². The number of aliphatic hydroxyl groups is 2. The SMILES string of the molecule is CN=C[C@@]1(c2ccc3c(N)ncnn23)O[C@H](COP(=O)(O)OP(=O)(O)OP(=O)(O)O)[C@@H](O)[C@H]1O. The largest absolute Gasteiger partial charge is 0.490 e. The van der Waals surface area contributed by atoms with E-state index < -0.39 is 54.0 Å². The van der Waals surface area contributed by atoms with Gasteiger partial charge in [-0.15, -0.1) is 0 Å². The van der Waals surface area contributed by atoms with Gasteiger partial charge in [-0.3, -0.25) is 9.52 Å². The van der Waals surface area contributed by atoms with Gasteiger partial charge in [-0.2, -0.15) is 13.7 Å². The number of phosphoric ester groups is 1. The maximum atomic E-state index is 12.0. The molecule has 0 saturated carbocycles. The fraction of sp³-hybridized carbons (Fsp3) is 0.462. The molecule has 2 unspecified atom stereocenters. The Kier molecular flexibility index (Phi) is 7.49. The number of nitrogens with zero attached hydrogens (tertiary/aromatic N) is 4. The Morgan fingerprint density at radius 3 is 2.50 bits per heavy atom. The summed E-state index contributed by atoms with van der Waals surface area (Å²) >= 11 is 0. The number of aromatic nitrogens is 3. The lowest BCUT2D eigenvalue weighted by molar-refractivity contribution is -0.0528. The zero-order valence-corrected chi connectivity index (χ0v) is 19.7. The molecule has 21 heteroatoms. The van der Waals surface area contributed by atoms with Crippen LogP contribution in [0.4, 0.5) is 5.82 Å². The van der Waals surface area contributed by atoms with Gasteiger partial charge in [0.2, 0.25) is 0 Å². The number of ether oxygens (including phenoxy) is 1. The summed E-state index contributed by atoms with van der Waals surface area (Å²) in [5.74, 6) is 0.0991. The zero-order chi connectivity index (χ0) is 25.5. The number of nitrogen functional groups attached to an aromatic ring is 1. The first-order chi connectivity index (χ1) is 15.6. The fourth-order valence-electron chi connectivity index (χ4n) is 3.28. The second-order valence-electron chi connectivity index (χ2n) is 6.82. The third-order valence-electron chi connectivity index (χ3n) is 4.51. The molecule has 1 fully saturated rings. The van der Waals surface area contributed by atoms with E-state index in [0.29, 0.717) is 5.52 Å². The van der Waals surface area contributed by atoms with E-state index in [-0.39, 0.29) is 11.5 Å². The third-order valence-corrected chi connectivity index (χ3v) is 8.31. The molecule has 0 radical (unpaired) electrons. The highest BCUT2D eigenvalue weighted by atomic mass is 31.3. The molecule has 2 aromatic rings. The van der Waals surface area contributed by atoms with E-state index in [0.717, 1.165) is 12.5 Å². The zero-order valence-electron chi connectivity index (χ0n) is 17.0. The Bertz CT molecular complexity index is 1230. The summed E-state index contributed by atoms with van der Waals surface area (Å²) in [7, 11) is -15.4. The predicted molar refractivity (Wildman–Crippen MR) is 110 cm³/mol. The minimum atomic E-state index is -5.74. The predicted octanol–water partition coefficient (Wildman–Crippen LogP) is -1.33. The summed E-state index contributed by atoms with van der Waals surface area (Å²) in [6.07, 6.45) is -2.74. The van der Waals surface area contributed by atoms with Gasteiger partial charge in [-0.05, 0) is 12.1 Å². The standard InChI is InChI=1S/C13H20N5O13P3/c1-15-5-13(9-3-2-7-12(14)16-6-17-18(7)9)11(20)10(19)8(29-13)4-28-33(24,25)31-34(26,27)30-32(21,22)23/h2-3,5-6,8,10-11,19-20H,4H2,1H3,(H,24,25)(H,26,27)(H2,14,16,17)(H2,21,22,23)/t8-,10-,11-,13+/m1/s1. The molecule has 0 amide bonds. The molecule has 6 atom stereocenters. The number of aliphatic hydroxyl groups excluding tert-OH is 2. The van der Waals surface area contributed by atoms with E-state index in [9.17, 15) is 33.7 Å². The highest BCUT2D eigenvalue weighted by Crippen LogP contribution is 2.66. The summed E-state index contributed by atoms with van der Waals surface area (Å²) < 4.78 is 52.9. The first-order valence-corrected chi connectivity index (χ1v) is 13.5. The van der Waals surface area contributed by atoms with Gasteiger partial charge in [0.05, 0.1) is 12.3 Å². The van der Waals surface area contributed by atoms with Gasteiger partial charge in [-0.1, -0.05) is 0 Å². The van der Waals surface area contributed by atoms with Crippen LogP contribution in [-0.2, 0) is 37.2 Å². The van der Waals surface area contributed by atoms with Gasteiger partial charge in [0.1, 0.15) is 30.2 Å². The van der Waals surface area contributed by atoms with E-state index in [2.05, 4.69) is 28.2 Å². The Morgan fingerprint density at radius 2 is 1.88 bits per heavy atom. The van der Waals surface area contributed by atoms with Crippen LogP contribution in [0.25, 0.3) is 5.52 Å². The van der Waals surface area contributed by atoms with Gasteiger partial charge in [-0.25, -0.2) is 23.2 Å². The van der Waals surface area contributed by atoms with Crippen LogP contribution in [0.2, 0.25) is 0 Å². The first-order valence-electron chi connectivity index (χ1n) is 8.95. The quantitative estimate of drug-likeness (QED) is 0.141. The molecule has 1 aliphatic rings. The topological polar surface area (TPSA) is 278 Å². The van der Waals surface area contributed by atoms with Crippen molar-refractivity contribution in [1.82, 2.24) is 14.6 Å². The molecule has 0 bridgehead atoms. The lowest BCUT2D eigenvalue weighted by Gasteiger charge is -2.27. The third kappa shape index (κ3) is 5.61. The number of rotatable bonds is 9. The number of hydrogen-bond donors (Lipinski definition) is 7. The highest BCUT2D eigenvalue weighted by molar-refractivity contribution is 7.66. The molecule has 8 N–H and O–H groups in total. The van der Waals surface area contributed by atoms with Gasteiger partial charge in [0, 0.05) is 13.3 Å². The number of fused-ring (bicyclic) bond motifs is 1. The number of nitrogens with two attached hydrogens (primary N) is 1. The lowest BCUT2D eigenvalue weighted by atomic mass is 9.92. The molecule has 34 heavy (non-hydrogen) atoms. The first kappa shape index (κ1) is 27.0. The van der Waals surface area contributed by atoms with Crippen molar-refractivity contribution >= 4 is 41.0 Å². The summed E-state index contributed by atoms with van der Waals surface area (Å²) in [4.78, 5) is 43.7. The van der Waals surface area contributed by atoms with Crippen LogP contribution >= 0.6 is 23.5 Å². The Morgan fingerprint density at radius 1 is 1.21 bits per heavy atom. The summed E-state index contributed by atoms with van der Waals surface area (Å²) in [5.41, 5.74) is 4.43. The van der Waals surface area contributed by atoms with Crippen molar-refractivity contribution < 1.29 is 61.4 Å². The smallest absolute Gasteiger partial charge is 0.387 e. The van der Waals surface area contributed by atoms with Crippen LogP contribution in [0.5, 0.6) is 0 Å². The number of hydrogen-bond acceptors (Lipinski definition) is 13. The second kappa shape index (κ2) is 9.44. The summed E-state index contributed by atoms with van der Waals surface area (Å²) in [5, 5.41) is 25.3. The van der Waals surface area contributed by atoms with E-state index in [1.807, 2.05) is 0 Å². The van der Waals surface area contributed by atoms with Crippen molar-refractivity contribution in [2.75, 3.05) is 19.4 Å². The molecular weight excluding hydrogens is 527 g/mol. The summed E-state index contributed by atoms with van der Waals surface area (Å²) in [6.45, 7) is -0.998. The van der Waals surface area contributed by atoms with Gasteiger partial charge in [0.15, 0.2) is 11.4 Å². The maximum absolute atomic E-state index is 12.0. The second-order valence-corrected chi connectivity index (χ2v) is 11.2. The number of anilines is 1. The fourth-order valence-corrected chi connectivity index (χ4v) is 6.31. The minimum Gasteiger partial charge on any atom is -0.387 e. The molecule has 190 valence electrons. The summed E-state index contributed by atoms with van der Waals surface area (Å²) in [6, 6.07) is 2.97. The number of phosphoric acid groups is 3. The molecule has 1 saturated heterocycles. The van der Waals surface area contributed by atoms with Crippen molar-refractivity contribution in [1.29, 1.82) is 0 Å². The van der Waals surface area contributed by atoms with Gasteiger partial charge in [0.25, 0.3) is 0 Å². The van der Waals surface area contributed by atoms with Crippen LogP contribution in [0.1, 0.15) is 5.69 Å². The average molecular weight is 547 g/mol. The van der Waals surface area contributed by atoms with Gasteiger partial charge >= 0.3 is 23.5 Å². The maximum Gasteiger partial charge on any atom is 0.490 e. The van der Waals surface area contributed by atoms with E-state index in [1.165, 1.54) is 23.7 Å². The van der Waals surface area contributed by atoms with Crippen LogP contribution in [-0.4, -0.2) is 82.6 Å². The van der Waals surface area contributed by atoms with E-state index in [1.54, 1.807) is 0 Å². The Hall–Kier alpha value is -1.62. The Balaban J connectivity index is 1.84. The molecular formula is C13H20N5O13P3. The Labute approximate surface area is 190 Å². The van der Waals surface area contributed by atoms with Gasteiger partial charge < -0.3 is 40.3 Å². The molecule has 1 aliphatic heterocycles. The molecule has 0 aromatic carbocycles. The van der Waals surface area contributed by atoms with Crippen molar-refractivity contribution in [3.8, 4) is 0 Å². The molecule has 3 heterocycles.